The summed E-state index contributed by atoms with van der Waals surface area (Å²) in [6, 6.07) is 4.09. The van der Waals surface area contributed by atoms with Crippen LogP contribution in [-0.2, 0) is 10.0 Å². The van der Waals surface area contributed by atoms with E-state index in [0.29, 0.717) is 6.42 Å². The zero-order chi connectivity index (χ0) is 13.1. The topological polar surface area (TPSA) is 66.4 Å². The Hall–Kier alpha value is -0.330. The van der Waals surface area contributed by atoms with Gasteiger partial charge in [0.05, 0.1) is 11.0 Å². The van der Waals surface area contributed by atoms with Crippen molar-refractivity contribution in [3.63, 3.8) is 0 Å². The van der Waals surface area contributed by atoms with Crippen molar-refractivity contribution in [3.8, 4) is 0 Å². The highest BCUT2D eigenvalue weighted by atomic mass is 35.5. The van der Waals surface area contributed by atoms with Crippen LogP contribution in [0.15, 0.2) is 23.1 Å². The average molecular weight is 298 g/mol. The molecule has 0 fully saturated rings. The van der Waals surface area contributed by atoms with E-state index in [1.54, 1.807) is 6.92 Å². The molecule has 7 heteroatoms. The normalized spacial score (nSPS) is 13.6. The van der Waals surface area contributed by atoms with Gasteiger partial charge >= 0.3 is 0 Å². The number of hydrogen-bond donors (Lipinski definition) is 2. The fourth-order valence-electron chi connectivity index (χ4n) is 1.17. The van der Waals surface area contributed by atoms with Crippen LogP contribution in [0, 0.1) is 0 Å². The second-order valence-electron chi connectivity index (χ2n) is 3.64. The molecule has 0 aromatic heterocycles. The standard InChI is InChI=1S/C10H13Cl2NO3S/c1-7(14)2-3-13-17(15,16)10-5-8(11)4-9(12)6-10/h4-7,13-14H,2-3H2,1H3. The van der Waals surface area contributed by atoms with Crippen LogP contribution in [0.2, 0.25) is 10.0 Å². The molecule has 0 aliphatic rings. The van der Waals surface area contributed by atoms with E-state index in [1.165, 1.54) is 18.2 Å². The summed E-state index contributed by atoms with van der Waals surface area (Å²) in [6.07, 6.45) is -0.214. The first kappa shape index (κ1) is 14.7. The first-order valence-corrected chi connectivity index (χ1v) is 7.19. The monoisotopic (exact) mass is 297 g/mol. The fourth-order valence-corrected chi connectivity index (χ4v) is 2.94. The summed E-state index contributed by atoms with van der Waals surface area (Å²) in [5.74, 6) is 0. The van der Waals surface area contributed by atoms with E-state index in [-0.39, 0.29) is 21.5 Å². The Morgan fingerprint density at radius 1 is 1.29 bits per heavy atom. The third kappa shape index (κ3) is 4.81. The predicted octanol–water partition coefficient (Wildman–Crippen LogP) is 2.04. The van der Waals surface area contributed by atoms with Crippen molar-refractivity contribution in [2.24, 2.45) is 0 Å². The quantitative estimate of drug-likeness (QED) is 0.874. The predicted molar refractivity (Wildman–Crippen MR) is 67.9 cm³/mol. The van der Waals surface area contributed by atoms with Crippen molar-refractivity contribution in [2.75, 3.05) is 6.54 Å². The van der Waals surface area contributed by atoms with E-state index < -0.39 is 16.1 Å². The second-order valence-corrected chi connectivity index (χ2v) is 6.28. The Kier molecular flexibility index (Phi) is 5.22. The number of halogens is 2. The Morgan fingerprint density at radius 2 is 1.82 bits per heavy atom. The van der Waals surface area contributed by atoms with Crippen molar-refractivity contribution in [2.45, 2.75) is 24.3 Å². The molecule has 2 N–H and O–H groups in total. The van der Waals surface area contributed by atoms with Crippen LogP contribution in [0.5, 0.6) is 0 Å². The molecule has 17 heavy (non-hydrogen) atoms. The number of aliphatic hydroxyl groups is 1. The molecular weight excluding hydrogens is 285 g/mol. The van der Waals surface area contributed by atoms with Crippen LogP contribution >= 0.6 is 23.2 Å². The lowest BCUT2D eigenvalue weighted by atomic mass is 10.3. The van der Waals surface area contributed by atoms with E-state index in [0.717, 1.165) is 0 Å². The summed E-state index contributed by atoms with van der Waals surface area (Å²) in [7, 11) is -3.63. The molecule has 96 valence electrons. The van der Waals surface area contributed by atoms with Crippen molar-refractivity contribution in [1.82, 2.24) is 4.72 Å². The summed E-state index contributed by atoms with van der Waals surface area (Å²) in [5.41, 5.74) is 0. The average Bonchev–Trinajstić information content (AvgIpc) is 2.14. The summed E-state index contributed by atoms with van der Waals surface area (Å²) >= 11 is 11.4. The molecular formula is C10H13Cl2NO3S. The molecule has 1 unspecified atom stereocenters. The molecule has 1 rings (SSSR count). The number of sulfonamides is 1. The van der Waals surface area contributed by atoms with Crippen molar-refractivity contribution < 1.29 is 13.5 Å². The zero-order valence-electron chi connectivity index (χ0n) is 9.15. The summed E-state index contributed by atoms with van der Waals surface area (Å²) in [5, 5.41) is 9.55. The van der Waals surface area contributed by atoms with Gasteiger partial charge in [-0.25, -0.2) is 13.1 Å². The minimum atomic E-state index is -3.63. The minimum absolute atomic E-state index is 0.0144. The Morgan fingerprint density at radius 3 is 2.29 bits per heavy atom. The zero-order valence-corrected chi connectivity index (χ0v) is 11.5. The highest BCUT2D eigenvalue weighted by molar-refractivity contribution is 7.89. The van der Waals surface area contributed by atoms with E-state index in [4.69, 9.17) is 28.3 Å². The largest absolute Gasteiger partial charge is 0.393 e. The Balaban J connectivity index is 2.82. The van der Waals surface area contributed by atoms with E-state index >= 15 is 0 Å². The number of hydrogen-bond acceptors (Lipinski definition) is 3. The van der Waals surface area contributed by atoms with Gasteiger partial charge in [0.15, 0.2) is 0 Å². The van der Waals surface area contributed by atoms with Crippen molar-refractivity contribution in [1.29, 1.82) is 0 Å². The van der Waals surface area contributed by atoms with Crippen LogP contribution < -0.4 is 4.72 Å². The molecule has 0 amide bonds. The molecule has 0 radical (unpaired) electrons. The third-order valence-corrected chi connectivity index (χ3v) is 3.88. The van der Waals surface area contributed by atoms with Gasteiger partial charge in [0.25, 0.3) is 0 Å². The van der Waals surface area contributed by atoms with Crippen LogP contribution in [0.25, 0.3) is 0 Å². The van der Waals surface area contributed by atoms with Crippen molar-refractivity contribution >= 4 is 33.2 Å². The number of aliphatic hydroxyl groups excluding tert-OH is 1. The summed E-state index contributed by atoms with van der Waals surface area (Å²) in [6.45, 7) is 1.74. The molecule has 0 heterocycles. The Bertz CT molecular complexity index is 468. The van der Waals surface area contributed by atoms with E-state index in [1.807, 2.05) is 0 Å². The smallest absolute Gasteiger partial charge is 0.240 e. The van der Waals surface area contributed by atoms with Gasteiger partial charge in [-0.15, -0.1) is 0 Å². The van der Waals surface area contributed by atoms with Gasteiger partial charge < -0.3 is 5.11 Å². The molecule has 0 aliphatic carbocycles. The molecule has 0 saturated carbocycles. The van der Waals surface area contributed by atoms with E-state index in [2.05, 4.69) is 4.72 Å². The van der Waals surface area contributed by atoms with Crippen LogP contribution in [0.3, 0.4) is 0 Å². The van der Waals surface area contributed by atoms with Crippen molar-refractivity contribution in [3.05, 3.63) is 28.2 Å². The molecule has 0 aliphatic heterocycles. The fraction of sp³-hybridized carbons (Fsp3) is 0.400. The number of benzene rings is 1. The maximum atomic E-state index is 11.8. The molecule has 4 nitrogen and oxygen atoms in total. The first-order chi connectivity index (χ1) is 7.81. The molecule has 1 atom stereocenters. The van der Waals surface area contributed by atoms with Crippen LogP contribution in [-0.4, -0.2) is 26.2 Å². The number of rotatable bonds is 5. The third-order valence-electron chi connectivity index (χ3n) is 2.00. The molecule has 0 saturated heterocycles. The maximum absolute atomic E-state index is 11.8. The number of nitrogens with one attached hydrogen (secondary N) is 1. The maximum Gasteiger partial charge on any atom is 0.240 e. The lowest BCUT2D eigenvalue weighted by Gasteiger charge is -2.08. The van der Waals surface area contributed by atoms with Gasteiger partial charge in [-0.1, -0.05) is 23.2 Å². The Labute approximate surface area is 111 Å². The van der Waals surface area contributed by atoms with Gasteiger partial charge in [-0.3, -0.25) is 0 Å². The van der Waals surface area contributed by atoms with Crippen LogP contribution in [0.1, 0.15) is 13.3 Å². The molecule has 0 spiro atoms. The summed E-state index contributed by atoms with van der Waals surface area (Å²) < 4.78 is 26.0. The van der Waals surface area contributed by atoms with Gasteiger partial charge in [0, 0.05) is 16.6 Å². The second kappa shape index (κ2) is 6.02. The SMILES string of the molecule is CC(O)CCNS(=O)(=O)c1cc(Cl)cc(Cl)c1. The van der Waals surface area contributed by atoms with Crippen LogP contribution in [0.4, 0.5) is 0 Å². The van der Waals surface area contributed by atoms with Gasteiger partial charge in [-0.2, -0.15) is 0 Å². The minimum Gasteiger partial charge on any atom is -0.393 e. The lowest BCUT2D eigenvalue weighted by molar-refractivity contribution is 0.186. The van der Waals surface area contributed by atoms with Gasteiger partial charge in [0.2, 0.25) is 10.0 Å². The molecule has 1 aromatic rings. The highest BCUT2D eigenvalue weighted by Gasteiger charge is 2.15. The molecule has 1 aromatic carbocycles. The first-order valence-electron chi connectivity index (χ1n) is 4.95. The van der Waals surface area contributed by atoms with Gasteiger partial charge in [0.1, 0.15) is 0 Å². The molecule has 0 bridgehead atoms. The van der Waals surface area contributed by atoms with E-state index in [9.17, 15) is 8.42 Å². The highest BCUT2D eigenvalue weighted by Crippen LogP contribution is 2.22. The lowest BCUT2D eigenvalue weighted by Crippen LogP contribution is -2.26. The summed E-state index contributed by atoms with van der Waals surface area (Å²) in [4.78, 5) is 0.0144. The van der Waals surface area contributed by atoms with Gasteiger partial charge in [-0.05, 0) is 31.5 Å².